The van der Waals surface area contributed by atoms with E-state index in [9.17, 15) is 14.4 Å². The molecule has 4 aromatic rings. The fourth-order valence-electron chi connectivity index (χ4n) is 3.09. The first-order chi connectivity index (χ1) is 14.9. The summed E-state index contributed by atoms with van der Waals surface area (Å²) < 4.78 is 1.25. The van der Waals surface area contributed by atoms with Crippen molar-refractivity contribution < 1.29 is 9.59 Å². The van der Waals surface area contributed by atoms with Gasteiger partial charge in [0.15, 0.2) is 5.13 Å². The van der Waals surface area contributed by atoms with Crippen LogP contribution in [0.15, 0.2) is 46.6 Å². The Morgan fingerprint density at radius 3 is 2.68 bits per heavy atom. The molecule has 0 radical (unpaired) electrons. The van der Waals surface area contributed by atoms with Gasteiger partial charge >= 0.3 is 0 Å². The Hall–Kier alpha value is -3.37. The van der Waals surface area contributed by atoms with Gasteiger partial charge in [-0.25, -0.2) is 9.67 Å². The molecule has 4 rings (SSSR count). The third kappa shape index (κ3) is 4.70. The number of nitrogens with one attached hydrogen (secondary N) is 2. The van der Waals surface area contributed by atoms with E-state index in [1.54, 1.807) is 36.6 Å². The molecular weight excluding hydrogens is 434 g/mol. The van der Waals surface area contributed by atoms with Crippen molar-refractivity contribution in [3.05, 3.63) is 62.7 Å². The van der Waals surface area contributed by atoms with Crippen LogP contribution in [0.25, 0.3) is 21.3 Å². The molecule has 0 saturated heterocycles. The molecule has 0 spiro atoms. The number of hydrogen-bond donors (Lipinski definition) is 2. The minimum absolute atomic E-state index is 0.0312. The molecule has 1 aromatic carbocycles. The molecule has 158 valence electrons. The monoisotopic (exact) mass is 453 g/mol. The van der Waals surface area contributed by atoms with Crippen LogP contribution in [0.5, 0.6) is 0 Å². The smallest absolute Gasteiger partial charge is 0.274 e. The highest BCUT2D eigenvalue weighted by Gasteiger charge is 2.14. The number of fused-ring (bicyclic) bond motifs is 1. The molecule has 0 aliphatic carbocycles. The maximum Gasteiger partial charge on any atom is 0.274 e. The van der Waals surface area contributed by atoms with Gasteiger partial charge in [0.2, 0.25) is 11.8 Å². The Labute approximate surface area is 185 Å². The largest absolute Gasteiger partial charge is 0.351 e. The summed E-state index contributed by atoms with van der Waals surface area (Å²) in [6, 6.07) is 11.0. The third-order valence-corrected chi connectivity index (χ3v) is 6.40. The van der Waals surface area contributed by atoms with Crippen LogP contribution in [-0.4, -0.2) is 26.6 Å². The SMILES string of the molecule is CC(=O)NCc1ccc(-c2csc(NC(=O)Cc3nn(C)c(=O)c4ccccc34)n2)s1. The fraction of sp³-hybridized carbons (Fsp3) is 0.190. The molecule has 0 atom stereocenters. The van der Waals surface area contributed by atoms with Crippen molar-refractivity contribution in [2.24, 2.45) is 7.05 Å². The number of hydrogen-bond acceptors (Lipinski definition) is 7. The minimum Gasteiger partial charge on any atom is -0.351 e. The highest BCUT2D eigenvalue weighted by molar-refractivity contribution is 7.17. The Morgan fingerprint density at radius 2 is 1.90 bits per heavy atom. The van der Waals surface area contributed by atoms with Crippen LogP contribution in [0.4, 0.5) is 5.13 Å². The van der Waals surface area contributed by atoms with Gasteiger partial charge in [0.25, 0.3) is 5.56 Å². The summed E-state index contributed by atoms with van der Waals surface area (Å²) in [7, 11) is 1.57. The molecule has 0 bridgehead atoms. The van der Waals surface area contributed by atoms with Gasteiger partial charge in [-0.1, -0.05) is 18.2 Å². The minimum atomic E-state index is -0.255. The summed E-state index contributed by atoms with van der Waals surface area (Å²) in [5.41, 5.74) is 1.11. The molecule has 31 heavy (non-hydrogen) atoms. The zero-order valence-corrected chi connectivity index (χ0v) is 18.5. The maximum absolute atomic E-state index is 12.6. The molecule has 10 heteroatoms. The van der Waals surface area contributed by atoms with Gasteiger partial charge in [0.05, 0.1) is 34.6 Å². The average Bonchev–Trinajstić information content (AvgIpc) is 3.39. The molecule has 2 N–H and O–H groups in total. The Balaban J connectivity index is 1.47. The summed E-state index contributed by atoms with van der Waals surface area (Å²) in [5, 5.41) is 13.4. The van der Waals surface area contributed by atoms with Gasteiger partial charge in [-0.2, -0.15) is 5.10 Å². The number of nitrogens with zero attached hydrogens (tertiary/aromatic N) is 3. The van der Waals surface area contributed by atoms with E-state index in [1.807, 2.05) is 23.6 Å². The average molecular weight is 454 g/mol. The predicted octanol–water partition coefficient (Wildman–Crippen LogP) is 2.94. The van der Waals surface area contributed by atoms with Crippen LogP contribution in [0.1, 0.15) is 17.5 Å². The molecule has 0 fully saturated rings. The van der Waals surface area contributed by atoms with Crippen LogP contribution in [-0.2, 0) is 29.6 Å². The topological polar surface area (TPSA) is 106 Å². The molecule has 3 aromatic heterocycles. The second-order valence-electron chi connectivity index (χ2n) is 6.86. The standard InChI is InChI=1S/C21H19N5O3S2/c1-12(27)22-10-13-7-8-18(31-13)17-11-30-21(23-17)24-19(28)9-16-14-5-3-4-6-15(14)20(29)26(2)25-16/h3-8,11H,9-10H2,1-2H3,(H,22,27)(H,23,24,28). The van der Waals surface area contributed by atoms with Crippen molar-refractivity contribution in [1.29, 1.82) is 0 Å². The van der Waals surface area contributed by atoms with E-state index in [1.165, 1.54) is 22.9 Å². The Bertz CT molecular complexity index is 1340. The van der Waals surface area contributed by atoms with Gasteiger partial charge in [-0.15, -0.1) is 22.7 Å². The number of amides is 2. The van der Waals surface area contributed by atoms with Crippen molar-refractivity contribution >= 4 is 50.4 Å². The lowest BCUT2D eigenvalue weighted by Crippen LogP contribution is -2.24. The molecule has 0 aliphatic rings. The zero-order chi connectivity index (χ0) is 22.0. The number of benzene rings is 1. The number of rotatable bonds is 6. The van der Waals surface area contributed by atoms with Gasteiger partial charge in [-0.3, -0.25) is 14.4 Å². The van der Waals surface area contributed by atoms with E-state index < -0.39 is 0 Å². The van der Waals surface area contributed by atoms with E-state index in [0.717, 1.165) is 15.4 Å². The Kier molecular flexibility index (Phi) is 5.92. The molecule has 8 nitrogen and oxygen atoms in total. The summed E-state index contributed by atoms with van der Waals surface area (Å²) >= 11 is 2.88. The van der Waals surface area contributed by atoms with E-state index in [-0.39, 0.29) is 23.8 Å². The van der Waals surface area contributed by atoms with Gasteiger partial charge in [-0.05, 0) is 18.2 Å². The molecule has 0 aliphatic heterocycles. The van der Waals surface area contributed by atoms with Gasteiger partial charge in [0, 0.05) is 29.6 Å². The predicted molar refractivity (Wildman–Crippen MR) is 122 cm³/mol. The van der Waals surface area contributed by atoms with Crippen molar-refractivity contribution in [1.82, 2.24) is 20.1 Å². The first-order valence-electron chi connectivity index (χ1n) is 9.44. The summed E-state index contributed by atoms with van der Waals surface area (Å²) in [6.07, 6.45) is 0.0312. The van der Waals surface area contributed by atoms with Crippen LogP contribution in [0.3, 0.4) is 0 Å². The number of carbonyl (C=O) groups is 2. The summed E-state index contributed by atoms with van der Waals surface area (Å²) in [6.45, 7) is 1.96. The lowest BCUT2D eigenvalue weighted by molar-refractivity contribution is -0.119. The number of thiophene rings is 1. The number of aryl methyl sites for hydroxylation is 1. The van der Waals surface area contributed by atoms with E-state index in [2.05, 4.69) is 20.7 Å². The number of anilines is 1. The van der Waals surface area contributed by atoms with Crippen LogP contribution in [0.2, 0.25) is 0 Å². The molecule has 0 saturated carbocycles. The van der Waals surface area contributed by atoms with Crippen LogP contribution < -0.4 is 16.2 Å². The first kappa shape index (κ1) is 20.9. The normalized spacial score (nSPS) is 10.9. The molecule has 2 amide bonds. The van der Waals surface area contributed by atoms with E-state index >= 15 is 0 Å². The van der Waals surface area contributed by atoms with Crippen molar-refractivity contribution in [3.8, 4) is 10.6 Å². The summed E-state index contributed by atoms with van der Waals surface area (Å²) in [4.78, 5) is 42.4. The zero-order valence-electron chi connectivity index (χ0n) is 16.8. The molecule has 3 heterocycles. The first-order valence-corrected chi connectivity index (χ1v) is 11.1. The quantitative estimate of drug-likeness (QED) is 0.467. The summed E-state index contributed by atoms with van der Waals surface area (Å²) in [5.74, 6) is -0.330. The maximum atomic E-state index is 12.6. The van der Waals surface area contributed by atoms with Crippen LogP contribution in [0, 0.1) is 0 Å². The number of aromatic nitrogens is 3. The second kappa shape index (κ2) is 8.78. The van der Waals surface area contributed by atoms with Crippen molar-refractivity contribution in [2.45, 2.75) is 19.9 Å². The van der Waals surface area contributed by atoms with Crippen molar-refractivity contribution in [2.75, 3.05) is 5.32 Å². The highest BCUT2D eigenvalue weighted by Crippen LogP contribution is 2.31. The van der Waals surface area contributed by atoms with Gasteiger partial charge in [0.1, 0.15) is 0 Å². The Morgan fingerprint density at radius 1 is 1.13 bits per heavy atom. The third-order valence-electron chi connectivity index (χ3n) is 4.54. The van der Waals surface area contributed by atoms with E-state index in [0.29, 0.717) is 28.1 Å². The second-order valence-corrected chi connectivity index (χ2v) is 8.89. The molecular formula is C21H19N5O3S2. The number of thiazole rings is 1. The lowest BCUT2D eigenvalue weighted by Gasteiger charge is -2.07. The lowest BCUT2D eigenvalue weighted by atomic mass is 10.1. The van der Waals surface area contributed by atoms with Crippen molar-refractivity contribution in [3.63, 3.8) is 0 Å². The highest BCUT2D eigenvalue weighted by atomic mass is 32.1. The van der Waals surface area contributed by atoms with E-state index in [4.69, 9.17) is 0 Å². The number of carbonyl (C=O) groups excluding carboxylic acids is 2. The molecule has 0 unspecified atom stereocenters. The van der Waals surface area contributed by atoms with Gasteiger partial charge < -0.3 is 10.6 Å². The fourth-order valence-corrected chi connectivity index (χ4v) is 4.80. The van der Waals surface area contributed by atoms with Crippen LogP contribution >= 0.6 is 22.7 Å².